The molecule has 3 aliphatic heterocycles. The Bertz CT molecular complexity index is 2290. The normalized spacial score (nSPS) is 50.6. The molecule has 0 amide bonds. The van der Waals surface area contributed by atoms with Crippen LogP contribution in [-0.2, 0) is 52.3 Å². The number of aliphatic hydroxyl groups is 12. The molecule has 8 rings (SSSR count). The van der Waals surface area contributed by atoms with Gasteiger partial charge < -0.3 is 104 Å². The second-order valence-corrected chi connectivity index (χ2v) is 25.6. The fourth-order valence-electron chi connectivity index (χ4n) is 16.1. The number of hydrogen-bond donors (Lipinski definition) is 13. The average Bonchev–Trinajstić information content (AvgIpc) is 3.39. The highest BCUT2D eigenvalue weighted by atomic mass is 16.8. The molecule has 0 bridgehead atoms. The molecule has 0 unspecified atom stereocenters. The number of carboxylic acid groups (broad SMARTS) is 1. The molecule has 13 N–H and O–H groups in total. The summed E-state index contributed by atoms with van der Waals surface area (Å²) in [6.07, 6.45) is -26.8. The van der Waals surface area contributed by atoms with Crippen LogP contribution in [0, 0.1) is 50.2 Å². The standard InChI is InChI=1S/C55H86O24/c1-10-23(2)46(71)79-44-43(68)55(22-72-24(3)59)26(17-50(44,4)5)25-11-12-30-51(6)15-14-32(52(7,21-58)29(51)13-16-53(30,8)54(25,9)18-31(55)60)75-49-41(77-48-38(66)36(64)34(62)28(20-57)74-48)39(67)40(42(78-49)45(69)70)76-47-37(65)35(63)33(61)27(19-56)73-47/h10-11,26-44,47-49,56-58,60-68H,12-22H2,1-9H3,(H,69,70)/b23-10+/t26-,27+,28-,29+,30+,31-,32+,33-,34+,35-,36-,37-,38-,39-,40-,41-,42+,43-,44-,47+,48-,49-,51+,52+,53-,54+,55+/m1/s1. The summed E-state index contributed by atoms with van der Waals surface area (Å²) in [6.45, 7) is 14.3. The summed E-state index contributed by atoms with van der Waals surface area (Å²) < 4.78 is 47.7. The van der Waals surface area contributed by atoms with E-state index in [2.05, 4.69) is 26.8 Å². The average molecular weight is 1130 g/mol. The lowest BCUT2D eigenvalue weighted by Crippen LogP contribution is -2.72. The summed E-state index contributed by atoms with van der Waals surface area (Å²) in [5, 5.41) is 144. The van der Waals surface area contributed by atoms with E-state index in [9.17, 15) is 80.8 Å². The van der Waals surface area contributed by atoms with Gasteiger partial charge in [0.15, 0.2) is 25.0 Å². The predicted octanol–water partition coefficient (Wildman–Crippen LogP) is -1.32. The number of fused-ring (bicyclic) bond motifs is 7. The van der Waals surface area contributed by atoms with E-state index in [4.69, 9.17) is 37.9 Å². The Balaban J connectivity index is 1.11. The molecule has 0 radical (unpaired) electrons. The number of rotatable bonds is 14. The smallest absolute Gasteiger partial charge is 0.335 e. The summed E-state index contributed by atoms with van der Waals surface area (Å²) in [5.41, 5.74) is -3.78. The summed E-state index contributed by atoms with van der Waals surface area (Å²) in [7, 11) is 0. The maximum Gasteiger partial charge on any atom is 0.335 e. The Labute approximate surface area is 459 Å². The molecule has 3 heterocycles. The zero-order valence-electron chi connectivity index (χ0n) is 46.4. The van der Waals surface area contributed by atoms with Crippen LogP contribution in [0.3, 0.4) is 0 Å². The Morgan fingerprint density at radius 1 is 0.696 bits per heavy atom. The number of hydrogen-bond acceptors (Lipinski definition) is 23. The maximum absolute atomic E-state index is 13.3. The lowest BCUT2D eigenvalue weighted by Gasteiger charge is -2.72. The minimum absolute atomic E-state index is 0.0849. The number of carboxylic acids is 1. The molecule has 4 saturated carbocycles. The highest BCUT2D eigenvalue weighted by Gasteiger charge is 2.74. The van der Waals surface area contributed by atoms with Gasteiger partial charge in [-0.3, -0.25) is 4.79 Å². The van der Waals surface area contributed by atoms with Gasteiger partial charge in [-0.1, -0.05) is 59.3 Å². The van der Waals surface area contributed by atoms with Crippen molar-refractivity contribution >= 4 is 17.9 Å². The van der Waals surface area contributed by atoms with Gasteiger partial charge in [0, 0.05) is 23.3 Å². The van der Waals surface area contributed by atoms with E-state index in [0.717, 1.165) is 5.57 Å². The van der Waals surface area contributed by atoms with Crippen molar-refractivity contribution in [1.82, 2.24) is 0 Å². The third-order valence-electron chi connectivity index (χ3n) is 21.0. The minimum Gasteiger partial charge on any atom is -0.479 e. The van der Waals surface area contributed by atoms with E-state index in [1.807, 2.05) is 20.8 Å². The Morgan fingerprint density at radius 2 is 1.28 bits per heavy atom. The molecule has 8 aliphatic rings. The van der Waals surface area contributed by atoms with Crippen LogP contribution in [0.15, 0.2) is 23.3 Å². The van der Waals surface area contributed by atoms with E-state index in [1.54, 1.807) is 19.9 Å². The van der Waals surface area contributed by atoms with Crippen molar-refractivity contribution in [2.45, 2.75) is 224 Å². The monoisotopic (exact) mass is 1130 g/mol. The number of carbonyl (C=O) groups excluding carboxylic acids is 2. The number of carbonyl (C=O) groups is 3. The molecule has 0 aromatic carbocycles. The Kier molecular flexibility index (Phi) is 17.8. The Morgan fingerprint density at radius 3 is 1.81 bits per heavy atom. The first-order chi connectivity index (χ1) is 36.9. The number of aliphatic carboxylic acids is 1. The quantitative estimate of drug-likeness (QED) is 0.0415. The molecule has 0 spiro atoms. The zero-order chi connectivity index (χ0) is 58.4. The fourth-order valence-corrected chi connectivity index (χ4v) is 16.1. The molecule has 24 nitrogen and oxygen atoms in total. The van der Waals surface area contributed by atoms with E-state index in [0.29, 0.717) is 37.7 Å². The molecular weight excluding hydrogens is 1040 g/mol. The Hall–Kier alpha value is -2.83. The van der Waals surface area contributed by atoms with Crippen LogP contribution in [0.2, 0.25) is 0 Å². The van der Waals surface area contributed by atoms with E-state index >= 15 is 0 Å². The van der Waals surface area contributed by atoms with Crippen molar-refractivity contribution in [3.63, 3.8) is 0 Å². The van der Waals surface area contributed by atoms with Gasteiger partial charge in [-0.25, -0.2) is 9.59 Å². The first-order valence-corrected chi connectivity index (χ1v) is 27.7. The number of allylic oxidation sites excluding steroid dienone is 3. The zero-order valence-corrected chi connectivity index (χ0v) is 46.4. The molecule has 7 fully saturated rings. The minimum atomic E-state index is -2.18. The molecule has 5 aliphatic carbocycles. The van der Waals surface area contributed by atoms with Crippen molar-refractivity contribution < 1.29 is 119 Å². The van der Waals surface area contributed by atoms with E-state index in [-0.39, 0.29) is 31.3 Å². The molecular formula is C55H86O24. The molecule has 24 heteroatoms. The first-order valence-electron chi connectivity index (χ1n) is 27.7. The third kappa shape index (κ3) is 10.0. The van der Waals surface area contributed by atoms with Crippen molar-refractivity contribution in [3.05, 3.63) is 23.3 Å². The second kappa shape index (κ2) is 22.6. The second-order valence-electron chi connectivity index (χ2n) is 25.6. The fraction of sp³-hybridized carbons (Fsp3) is 0.873. The lowest BCUT2D eigenvalue weighted by atomic mass is 9.33. The van der Waals surface area contributed by atoms with Crippen LogP contribution in [0.5, 0.6) is 0 Å². The molecule has 450 valence electrons. The summed E-state index contributed by atoms with van der Waals surface area (Å²) in [4.78, 5) is 39.0. The van der Waals surface area contributed by atoms with Gasteiger partial charge in [0.05, 0.1) is 37.4 Å². The third-order valence-corrected chi connectivity index (χ3v) is 21.0. The number of esters is 2. The number of ether oxygens (including phenoxy) is 8. The number of aliphatic hydroxyl groups excluding tert-OH is 12. The largest absolute Gasteiger partial charge is 0.479 e. The van der Waals surface area contributed by atoms with Crippen molar-refractivity contribution in [3.8, 4) is 0 Å². The molecule has 0 aromatic heterocycles. The first kappa shape index (κ1) is 62.2. The maximum atomic E-state index is 13.3. The SMILES string of the molecule is C/C=C(\C)C(=O)O[C@@H]1[C@@H](O)[C@]2(COC(C)=O)[C@H](O)C[C@@]3(C)C(=CC[C@H]4[C@@]5(C)CC[C@H](O[C@@H]6O[C@H](C(=O)O)[C@H](O[C@@H]7O[C@@H](CO)[C@@H](O)[C@@H](O)[C@H]7O)[C@@H](O)[C@H]6O[C@H]6O[C@H](CO)[C@H](O)[C@@H](O)[C@H]6O)[C@@](C)(CO)[C@H]5CC[C@]43C)[C@H]2CC1(C)C. The van der Waals surface area contributed by atoms with Gasteiger partial charge in [-0.2, -0.15) is 0 Å². The summed E-state index contributed by atoms with van der Waals surface area (Å²) in [5.74, 6) is -3.82. The predicted molar refractivity (Wildman–Crippen MR) is 269 cm³/mol. The van der Waals surface area contributed by atoms with Crippen LogP contribution in [0.1, 0.15) is 107 Å². The van der Waals surface area contributed by atoms with Gasteiger partial charge in [-0.05, 0) is 92.8 Å². The van der Waals surface area contributed by atoms with E-state index in [1.165, 1.54) is 6.92 Å². The topological polar surface area (TPSA) is 388 Å². The molecule has 79 heavy (non-hydrogen) atoms. The van der Waals surface area contributed by atoms with Crippen LogP contribution < -0.4 is 0 Å². The van der Waals surface area contributed by atoms with E-state index < -0.39 is 193 Å². The van der Waals surface area contributed by atoms with Gasteiger partial charge in [0.25, 0.3) is 0 Å². The van der Waals surface area contributed by atoms with Crippen LogP contribution in [0.25, 0.3) is 0 Å². The van der Waals surface area contributed by atoms with Gasteiger partial charge >= 0.3 is 17.9 Å². The van der Waals surface area contributed by atoms with Crippen molar-refractivity contribution in [2.75, 3.05) is 26.4 Å². The summed E-state index contributed by atoms with van der Waals surface area (Å²) in [6, 6.07) is 0. The van der Waals surface area contributed by atoms with Crippen LogP contribution in [-0.4, -0.2) is 227 Å². The molecule has 27 atom stereocenters. The molecule has 3 saturated heterocycles. The highest BCUT2D eigenvalue weighted by Crippen LogP contribution is 2.76. The van der Waals surface area contributed by atoms with Crippen LogP contribution in [0.4, 0.5) is 0 Å². The van der Waals surface area contributed by atoms with Gasteiger partial charge in [0.1, 0.15) is 86.0 Å². The molecule has 0 aromatic rings. The highest BCUT2D eigenvalue weighted by molar-refractivity contribution is 5.87. The van der Waals surface area contributed by atoms with Gasteiger partial charge in [-0.15, -0.1) is 0 Å². The van der Waals surface area contributed by atoms with Crippen LogP contribution >= 0.6 is 0 Å². The van der Waals surface area contributed by atoms with Crippen molar-refractivity contribution in [2.24, 2.45) is 50.2 Å². The summed E-state index contributed by atoms with van der Waals surface area (Å²) >= 11 is 0. The van der Waals surface area contributed by atoms with Crippen molar-refractivity contribution in [1.29, 1.82) is 0 Å². The van der Waals surface area contributed by atoms with Gasteiger partial charge in [0.2, 0.25) is 0 Å². The lowest BCUT2D eigenvalue weighted by molar-refractivity contribution is -0.392.